The smallest absolute Gasteiger partial charge is 0.307 e. The van der Waals surface area contributed by atoms with Crippen LogP contribution in [0.3, 0.4) is 0 Å². The molecule has 72 valence electrons. The molecule has 0 amide bonds. The maximum absolute atomic E-state index is 10.4. The van der Waals surface area contributed by atoms with Crippen LogP contribution in [0.5, 0.6) is 0 Å². The molecule has 0 aromatic rings. The van der Waals surface area contributed by atoms with Crippen LogP contribution >= 0.6 is 0 Å². The Morgan fingerprint density at radius 1 is 1.36 bits per heavy atom. The van der Waals surface area contributed by atoms with E-state index in [1.54, 1.807) is 6.08 Å². The van der Waals surface area contributed by atoms with Crippen molar-refractivity contribution in [1.29, 1.82) is 5.26 Å². The lowest BCUT2D eigenvalue weighted by Gasteiger charge is -1.94. The SMILES string of the molecule is C=C/C(=C\C=C(\C#N)C=C)CC(=O)O. The quantitative estimate of drug-likeness (QED) is 0.532. The number of nitrogens with zero attached hydrogens (tertiary/aromatic N) is 1. The third-order valence-electron chi connectivity index (χ3n) is 1.44. The number of nitriles is 1. The summed E-state index contributed by atoms with van der Waals surface area (Å²) in [4.78, 5) is 10.4. The fraction of sp³-hybridized carbons (Fsp3) is 0.0909. The van der Waals surface area contributed by atoms with Crippen LogP contribution in [0.15, 0.2) is 48.6 Å². The molecule has 0 saturated carbocycles. The summed E-state index contributed by atoms with van der Waals surface area (Å²) in [6, 6.07) is 1.90. The van der Waals surface area contributed by atoms with Gasteiger partial charge in [-0.2, -0.15) is 5.26 Å². The van der Waals surface area contributed by atoms with Crippen molar-refractivity contribution in [3.63, 3.8) is 0 Å². The molecular formula is C11H11NO2. The first-order valence-electron chi connectivity index (χ1n) is 3.91. The van der Waals surface area contributed by atoms with Gasteiger partial charge in [-0.05, 0) is 11.6 Å². The highest BCUT2D eigenvalue weighted by atomic mass is 16.4. The Morgan fingerprint density at radius 3 is 2.36 bits per heavy atom. The van der Waals surface area contributed by atoms with Crippen molar-refractivity contribution in [2.45, 2.75) is 6.42 Å². The molecule has 14 heavy (non-hydrogen) atoms. The highest BCUT2D eigenvalue weighted by Crippen LogP contribution is 2.04. The number of aliphatic carboxylic acids is 1. The second-order valence-electron chi connectivity index (χ2n) is 2.45. The van der Waals surface area contributed by atoms with Crippen LogP contribution in [-0.2, 0) is 4.79 Å². The van der Waals surface area contributed by atoms with Crippen molar-refractivity contribution < 1.29 is 9.90 Å². The van der Waals surface area contributed by atoms with Crippen molar-refractivity contribution in [2.24, 2.45) is 0 Å². The molecule has 0 heterocycles. The lowest BCUT2D eigenvalue weighted by Crippen LogP contribution is -1.94. The van der Waals surface area contributed by atoms with E-state index >= 15 is 0 Å². The monoisotopic (exact) mass is 189 g/mol. The van der Waals surface area contributed by atoms with Gasteiger partial charge in [0.15, 0.2) is 0 Å². The summed E-state index contributed by atoms with van der Waals surface area (Å²) in [5.41, 5.74) is 0.932. The van der Waals surface area contributed by atoms with Gasteiger partial charge in [-0.3, -0.25) is 4.79 Å². The fourth-order valence-corrected chi connectivity index (χ4v) is 0.722. The molecule has 0 rings (SSSR count). The maximum Gasteiger partial charge on any atom is 0.307 e. The van der Waals surface area contributed by atoms with Gasteiger partial charge in [-0.1, -0.05) is 31.4 Å². The number of hydrogen-bond donors (Lipinski definition) is 1. The van der Waals surface area contributed by atoms with Gasteiger partial charge in [0.05, 0.1) is 18.1 Å². The van der Waals surface area contributed by atoms with E-state index in [0.29, 0.717) is 11.1 Å². The van der Waals surface area contributed by atoms with Gasteiger partial charge in [0.25, 0.3) is 0 Å². The molecule has 0 aliphatic heterocycles. The van der Waals surface area contributed by atoms with E-state index in [1.807, 2.05) is 6.07 Å². The second kappa shape index (κ2) is 6.44. The molecule has 0 aromatic heterocycles. The molecule has 0 unspecified atom stereocenters. The van der Waals surface area contributed by atoms with E-state index < -0.39 is 5.97 Å². The highest BCUT2D eigenvalue weighted by Gasteiger charge is 1.98. The molecular weight excluding hydrogens is 178 g/mol. The molecule has 0 atom stereocenters. The van der Waals surface area contributed by atoms with E-state index in [9.17, 15) is 4.79 Å². The summed E-state index contributed by atoms with van der Waals surface area (Å²) in [5, 5.41) is 17.0. The van der Waals surface area contributed by atoms with E-state index in [4.69, 9.17) is 10.4 Å². The summed E-state index contributed by atoms with van der Waals surface area (Å²) in [6.45, 7) is 6.91. The summed E-state index contributed by atoms with van der Waals surface area (Å²) in [5.74, 6) is -0.929. The van der Waals surface area contributed by atoms with E-state index in [0.717, 1.165) is 0 Å². The molecule has 3 heteroatoms. The zero-order valence-electron chi connectivity index (χ0n) is 7.73. The first kappa shape index (κ1) is 11.9. The van der Waals surface area contributed by atoms with E-state index in [1.165, 1.54) is 18.2 Å². The Bertz CT molecular complexity index is 343. The standard InChI is InChI=1S/C11H11NO2/c1-3-9(7-11(13)14)5-6-10(4-2)8-12/h3-6H,1-2,7H2,(H,13,14)/b9-5+,10-6+. The molecule has 0 aliphatic carbocycles. The minimum atomic E-state index is -0.929. The van der Waals surface area contributed by atoms with E-state index in [-0.39, 0.29) is 6.42 Å². The predicted octanol–water partition coefficient (Wildman–Crippen LogP) is 2.21. The molecule has 0 fully saturated rings. The lowest BCUT2D eigenvalue weighted by atomic mass is 10.1. The van der Waals surface area contributed by atoms with Gasteiger partial charge in [0.2, 0.25) is 0 Å². The molecule has 1 N–H and O–H groups in total. The number of carbonyl (C=O) groups is 1. The lowest BCUT2D eigenvalue weighted by molar-refractivity contribution is -0.136. The van der Waals surface area contributed by atoms with Crippen LogP contribution in [0, 0.1) is 11.3 Å². The summed E-state index contributed by atoms with van der Waals surface area (Å²) in [6.07, 6.45) is 5.80. The van der Waals surface area contributed by atoms with Gasteiger partial charge in [-0.15, -0.1) is 0 Å². The van der Waals surface area contributed by atoms with Gasteiger partial charge < -0.3 is 5.11 Å². The van der Waals surface area contributed by atoms with Crippen molar-refractivity contribution in [3.8, 4) is 6.07 Å². The summed E-state index contributed by atoms with van der Waals surface area (Å²) < 4.78 is 0. The number of carboxylic acid groups (broad SMARTS) is 1. The second-order valence-corrected chi connectivity index (χ2v) is 2.45. The minimum Gasteiger partial charge on any atom is -0.481 e. The Labute approximate surface area is 83.0 Å². The molecule has 0 aliphatic rings. The Balaban J connectivity index is 4.69. The normalized spacial score (nSPS) is 11.6. The topological polar surface area (TPSA) is 61.1 Å². The summed E-state index contributed by atoms with van der Waals surface area (Å²) in [7, 11) is 0. The third-order valence-corrected chi connectivity index (χ3v) is 1.44. The maximum atomic E-state index is 10.4. The molecule has 0 bridgehead atoms. The Hall–Kier alpha value is -2.08. The van der Waals surface area contributed by atoms with Gasteiger partial charge in [-0.25, -0.2) is 0 Å². The first-order chi connectivity index (χ1) is 6.63. The van der Waals surface area contributed by atoms with Crippen molar-refractivity contribution in [3.05, 3.63) is 48.6 Å². The molecule has 0 spiro atoms. The number of hydrogen-bond acceptors (Lipinski definition) is 2. The van der Waals surface area contributed by atoms with Gasteiger partial charge in [0.1, 0.15) is 0 Å². The first-order valence-corrected chi connectivity index (χ1v) is 3.91. The fourth-order valence-electron chi connectivity index (χ4n) is 0.722. The zero-order chi connectivity index (χ0) is 11.0. The highest BCUT2D eigenvalue weighted by molar-refractivity contribution is 5.71. The Kier molecular flexibility index (Phi) is 5.48. The summed E-state index contributed by atoms with van der Waals surface area (Å²) >= 11 is 0. The molecule has 3 nitrogen and oxygen atoms in total. The minimum absolute atomic E-state index is 0.101. The van der Waals surface area contributed by atoms with Crippen molar-refractivity contribution in [2.75, 3.05) is 0 Å². The van der Waals surface area contributed by atoms with Crippen LogP contribution in [0.25, 0.3) is 0 Å². The van der Waals surface area contributed by atoms with Crippen molar-refractivity contribution >= 4 is 5.97 Å². The van der Waals surface area contributed by atoms with Gasteiger partial charge >= 0.3 is 5.97 Å². The number of allylic oxidation sites excluding steroid dienone is 5. The van der Waals surface area contributed by atoms with Gasteiger partial charge in [0, 0.05) is 0 Å². The molecule has 0 aromatic carbocycles. The molecule has 0 radical (unpaired) electrons. The zero-order valence-corrected chi connectivity index (χ0v) is 7.73. The predicted molar refractivity (Wildman–Crippen MR) is 54.4 cm³/mol. The largest absolute Gasteiger partial charge is 0.481 e. The third kappa shape index (κ3) is 4.73. The Morgan fingerprint density at radius 2 is 2.00 bits per heavy atom. The van der Waals surface area contributed by atoms with Crippen LogP contribution in [-0.4, -0.2) is 11.1 Å². The van der Waals surface area contributed by atoms with E-state index in [2.05, 4.69) is 13.2 Å². The van der Waals surface area contributed by atoms with Crippen LogP contribution in [0.1, 0.15) is 6.42 Å². The van der Waals surface area contributed by atoms with Crippen molar-refractivity contribution in [1.82, 2.24) is 0 Å². The number of rotatable bonds is 5. The average molecular weight is 189 g/mol. The van der Waals surface area contributed by atoms with Crippen LogP contribution < -0.4 is 0 Å². The van der Waals surface area contributed by atoms with Crippen LogP contribution in [0.4, 0.5) is 0 Å². The average Bonchev–Trinajstić information content (AvgIpc) is 2.17. The number of carboxylic acids is 1. The van der Waals surface area contributed by atoms with Crippen LogP contribution in [0.2, 0.25) is 0 Å². The molecule has 0 saturated heterocycles.